The van der Waals surface area contributed by atoms with E-state index in [0.29, 0.717) is 6.04 Å². The lowest BCUT2D eigenvalue weighted by molar-refractivity contribution is 0.643. The molecule has 0 aliphatic heterocycles. The van der Waals surface area contributed by atoms with E-state index in [0.717, 1.165) is 6.42 Å². The standard InChI is InChI=1S/C26H26N2/c1-5-18(6-2)28-24-14-10-8-12-20(24)22-16-15-21-19-11-7-9-13-23(19)27(17(3)4)25(21)26(22)28/h5,7-17H,6H2,1-4H3/b18-5+. The Morgan fingerprint density at radius 3 is 1.96 bits per heavy atom. The maximum absolute atomic E-state index is 2.52. The topological polar surface area (TPSA) is 9.86 Å². The molecule has 0 bridgehead atoms. The predicted molar refractivity (Wildman–Crippen MR) is 123 cm³/mol. The summed E-state index contributed by atoms with van der Waals surface area (Å²) in [6.07, 6.45) is 3.26. The highest BCUT2D eigenvalue weighted by Gasteiger charge is 2.20. The molecule has 0 aliphatic carbocycles. The monoisotopic (exact) mass is 366 g/mol. The minimum Gasteiger partial charge on any atom is -0.336 e. The van der Waals surface area contributed by atoms with Crippen LogP contribution in [0.5, 0.6) is 0 Å². The van der Waals surface area contributed by atoms with Crippen molar-refractivity contribution in [2.75, 3.05) is 0 Å². The second-order valence-corrected chi connectivity index (χ2v) is 7.82. The summed E-state index contributed by atoms with van der Waals surface area (Å²) in [5, 5.41) is 5.34. The summed E-state index contributed by atoms with van der Waals surface area (Å²) in [6, 6.07) is 22.6. The average molecular weight is 367 g/mol. The summed E-state index contributed by atoms with van der Waals surface area (Å²) in [5.41, 5.74) is 6.63. The SMILES string of the molecule is C/C=C(\CC)n1c2ccccc2c2ccc3c4ccccc4n(C(C)C)c3c21. The molecule has 2 heteroatoms. The number of aromatic nitrogens is 2. The number of fused-ring (bicyclic) bond motifs is 7. The van der Waals surface area contributed by atoms with Crippen LogP contribution in [0.2, 0.25) is 0 Å². The van der Waals surface area contributed by atoms with Crippen molar-refractivity contribution in [1.82, 2.24) is 9.13 Å². The first-order valence-electron chi connectivity index (χ1n) is 10.3. The van der Waals surface area contributed by atoms with Gasteiger partial charge in [0, 0.05) is 38.8 Å². The van der Waals surface area contributed by atoms with Crippen LogP contribution in [-0.4, -0.2) is 9.13 Å². The van der Waals surface area contributed by atoms with Gasteiger partial charge in [0.05, 0.1) is 16.6 Å². The molecule has 2 aromatic heterocycles. The van der Waals surface area contributed by atoms with Gasteiger partial charge in [-0.15, -0.1) is 0 Å². The number of allylic oxidation sites excluding steroid dienone is 2. The minimum atomic E-state index is 0.384. The number of hydrogen-bond acceptors (Lipinski definition) is 0. The Kier molecular flexibility index (Phi) is 3.83. The van der Waals surface area contributed by atoms with Crippen molar-refractivity contribution < 1.29 is 0 Å². The summed E-state index contributed by atoms with van der Waals surface area (Å²) in [5.74, 6) is 0. The Morgan fingerprint density at radius 2 is 1.36 bits per heavy atom. The van der Waals surface area contributed by atoms with E-state index in [9.17, 15) is 0 Å². The maximum Gasteiger partial charge on any atom is 0.0782 e. The van der Waals surface area contributed by atoms with Crippen molar-refractivity contribution >= 4 is 49.3 Å². The zero-order valence-electron chi connectivity index (χ0n) is 17.0. The molecule has 0 N–H and O–H groups in total. The van der Waals surface area contributed by atoms with Crippen LogP contribution < -0.4 is 0 Å². The molecule has 0 atom stereocenters. The van der Waals surface area contributed by atoms with Crippen LogP contribution in [0, 0.1) is 0 Å². The molecule has 0 unspecified atom stereocenters. The third kappa shape index (κ3) is 2.15. The van der Waals surface area contributed by atoms with Crippen molar-refractivity contribution in [1.29, 1.82) is 0 Å². The summed E-state index contributed by atoms with van der Waals surface area (Å²) < 4.78 is 5.01. The minimum absolute atomic E-state index is 0.384. The molecule has 0 spiro atoms. The van der Waals surface area contributed by atoms with Gasteiger partial charge in [0.2, 0.25) is 0 Å². The lowest BCUT2D eigenvalue weighted by Gasteiger charge is -2.15. The molecule has 0 saturated heterocycles. The summed E-state index contributed by atoms with van der Waals surface area (Å²) >= 11 is 0. The molecule has 0 fully saturated rings. The summed E-state index contributed by atoms with van der Waals surface area (Å²) in [7, 11) is 0. The highest BCUT2D eigenvalue weighted by Crippen LogP contribution is 2.41. The molecule has 140 valence electrons. The van der Waals surface area contributed by atoms with Gasteiger partial charge in [-0.3, -0.25) is 0 Å². The Labute approximate surface area is 165 Å². The molecule has 2 heterocycles. The maximum atomic E-state index is 2.52. The van der Waals surface area contributed by atoms with Gasteiger partial charge >= 0.3 is 0 Å². The third-order valence-corrected chi connectivity index (χ3v) is 6.00. The van der Waals surface area contributed by atoms with E-state index >= 15 is 0 Å². The van der Waals surface area contributed by atoms with E-state index in [1.165, 1.54) is 49.3 Å². The highest BCUT2D eigenvalue weighted by molar-refractivity contribution is 6.23. The number of rotatable bonds is 3. The van der Waals surface area contributed by atoms with Crippen LogP contribution >= 0.6 is 0 Å². The van der Waals surface area contributed by atoms with Crippen LogP contribution in [0.4, 0.5) is 0 Å². The Balaban J connectivity index is 2.15. The zero-order valence-corrected chi connectivity index (χ0v) is 17.0. The smallest absolute Gasteiger partial charge is 0.0782 e. The fourth-order valence-corrected chi connectivity index (χ4v) is 4.86. The Hall–Kier alpha value is -3.00. The van der Waals surface area contributed by atoms with Gasteiger partial charge in [-0.05, 0) is 39.3 Å². The van der Waals surface area contributed by atoms with Crippen LogP contribution in [0.25, 0.3) is 49.3 Å². The van der Waals surface area contributed by atoms with E-state index in [2.05, 4.69) is 104 Å². The number of nitrogens with zero attached hydrogens (tertiary/aromatic N) is 2. The highest BCUT2D eigenvalue weighted by atomic mass is 15.1. The molecule has 0 aliphatic rings. The number of benzene rings is 3. The molecular formula is C26H26N2. The van der Waals surface area contributed by atoms with Gasteiger partial charge in [0.1, 0.15) is 0 Å². The number of para-hydroxylation sites is 2. The average Bonchev–Trinajstić information content (AvgIpc) is 3.23. The summed E-state index contributed by atoms with van der Waals surface area (Å²) in [6.45, 7) is 8.97. The van der Waals surface area contributed by atoms with Gasteiger partial charge in [0.25, 0.3) is 0 Å². The Bertz CT molecular complexity index is 1380. The normalized spacial score (nSPS) is 13.0. The Morgan fingerprint density at radius 1 is 0.786 bits per heavy atom. The molecular weight excluding hydrogens is 340 g/mol. The van der Waals surface area contributed by atoms with Crippen LogP contribution in [0.3, 0.4) is 0 Å². The molecule has 0 radical (unpaired) electrons. The van der Waals surface area contributed by atoms with Crippen molar-refractivity contribution in [2.24, 2.45) is 0 Å². The first-order chi connectivity index (χ1) is 13.7. The van der Waals surface area contributed by atoms with E-state index in [1.807, 2.05) is 0 Å². The fourth-order valence-electron chi connectivity index (χ4n) is 4.86. The van der Waals surface area contributed by atoms with Gasteiger partial charge in [0.15, 0.2) is 0 Å². The van der Waals surface area contributed by atoms with Crippen molar-refractivity contribution in [3.05, 3.63) is 66.7 Å². The third-order valence-electron chi connectivity index (χ3n) is 6.00. The van der Waals surface area contributed by atoms with Crippen molar-refractivity contribution in [3.8, 4) is 0 Å². The first kappa shape index (κ1) is 17.1. The van der Waals surface area contributed by atoms with Gasteiger partial charge in [-0.2, -0.15) is 0 Å². The molecule has 28 heavy (non-hydrogen) atoms. The molecule has 5 aromatic rings. The lowest BCUT2D eigenvalue weighted by atomic mass is 10.1. The van der Waals surface area contributed by atoms with Crippen molar-refractivity contribution in [2.45, 2.75) is 40.2 Å². The summed E-state index contributed by atoms with van der Waals surface area (Å²) in [4.78, 5) is 0. The molecule has 3 aromatic carbocycles. The molecule has 0 saturated carbocycles. The molecule has 5 rings (SSSR count). The van der Waals surface area contributed by atoms with Gasteiger partial charge < -0.3 is 9.13 Å². The quantitative estimate of drug-likeness (QED) is 0.309. The van der Waals surface area contributed by atoms with Crippen LogP contribution in [0.15, 0.2) is 66.7 Å². The molecule has 2 nitrogen and oxygen atoms in total. The largest absolute Gasteiger partial charge is 0.336 e. The van der Waals surface area contributed by atoms with E-state index in [4.69, 9.17) is 0 Å². The fraction of sp³-hybridized carbons (Fsp3) is 0.231. The second-order valence-electron chi connectivity index (χ2n) is 7.82. The first-order valence-corrected chi connectivity index (χ1v) is 10.3. The van der Waals surface area contributed by atoms with E-state index < -0.39 is 0 Å². The molecule has 0 amide bonds. The van der Waals surface area contributed by atoms with E-state index in [-0.39, 0.29) is 0 Å². The van der Waals surface area contributed by atoms with Gasteiger partial charge in [-0.1, -0.05) is 61.5 Å². The van der Waals surface area contributed by atoms with Gasteiger partial charge in [-0.25, -0.2) is 0 Å². The second kappa shape index (κ2) is 6.27. The zero-order chi connectivity index (χ0) is 19.4. The predicted octanol–water partition coefficient (Wildman–Crippen LogP) is 7.75. The lowest BCUT2D eigenvalue weighted by Crippen LogP contribution is -2.03. The van der Waals surface area contributed by atoms with E-state index in [1.54, 1.807) is 0 Å². The van der Waals surface area contributed by atoms with Crippen LogP contribution in [0.1, 0.15) is 40.2 Å². The van der Waals surface area contributed by atoms with Crippen LogP contribution in [-0.2, 0) is 0 Å². The van der Waals surface area contributed by atoms with Crippen molar-refractivity contribution in [3.63, 3.8) is 0 Å². The number of hydrogen-bond donors (Lipinski definition) is 0.